The first kappa shape index (κ1) is 18.2. The average molecular weight is 383 g/mol. The molecule has 2 unspecified atom stereocenters. The van der Waals surface area contributed by atoms with Crippen molar-refractivity contribution in [2.75, 3.05) is 27.3 Å². The lowest BCUT2D eigenvalue weighted by atomic mass is 9.69. The highest BCUT2D eigenvalue weighted by Gasteiger charge is 2.63. The Morgan fingerprint density at radius 2 is 2.14 bits per heavy atom. The maximum atomic E-state index is 11.8. The van der Waals surface area contributed by atoms with Crippen molar-refractivity contribution in [3.05, 3.63) is 35.6 Å². The first-order chi connectivity index (χ1) is 13.4. The first-order valence-corrected chi connectivity index (χ1v) is 10.4. The molecule has 0 aromatic heterocycles. The molecule has 5 nitrogen and oxygen atoms in total. The van der Waals surface area contributed by atoms with E-state index in [0.29, 0.717) is 17.8 Å². The van der Waals surface area contributed by atoms with Gasteiger partial charge in [0, 0.05) is 13.1 Å². The molecule has 4 aliphatic rings. The van der Waals surface area contributed by atoms with Crippen LogP contribution in [0.1, 0.15) is 38.7 Å². The lowest BCUT2D eigenvalue weighted by Crippen LogP contribution is -2.61. The second kappa shape index (κ2) is 6.07. The van der Waals surface area contributed by atoms with Gasteiger partial charge in [-0.1, -0.05) is 13.0 Å². The Hall–Kier alpha value is -1.85. The van der Waals surface area contributed by atoms with E-state index in [1.54, 1.807) is 14.2 Å². The minimum absolute atomic E-state index is 0.166. The SMILES string of the molecule is CO/C=C(/C)[C@H]1C[C@H]2C3=Nc4cccc(OC)c4[C@@]3(O)CCN2CC12CC2C. The Balaban J connectivity index is 1.54. The average Bonchev–Trinajstić information content (AvgIpc) is 3.19. The number of hydrogen-bond donors (Lipinski definition) is 1. The molecule has 1 spiro atoms. The number of piperidine rings is 2. The van der Waals surface area contributed by atoms with Crippen molar-refractivity contribution in [3.8, 4) is 5.75 Å². The summed E-state index contributed by atoms with van der Waals surface area (Å²) in [6.45, 7) is 6.55. The van der Waals surface area contributed by atoms with E-state index in [9.17, 15) is 5.11 Å². The third-order valence-corrected chi connectivity index (χ3v) is 7.83. The summed E-state index contributed by atoms with van der Waals surface area (Å²) >= 11 is 0. The van der Waals surface area contributed by atoms with Crippen molar-refractivity contribution in [1.29, 1.82) is 0 Å². The zero-order valence-corrected chi connectivity index (χ0v) is 17.2. The van der Waals surface area contributed by atoms with E-state index in [4.69, 9.17) is 14.5 Å². The Labute approximate surface area is 167 Å². The van der Waals surface area contributed by atoms with Gasteiger partial charge in [0.1, 0.15) is 11.4 Å². The summed E-state index contributed by atoms with van der Waals surface area (Å²) in [5.41, 5.74) is 3.29. The van der Waals surface area contributed by atoms with Crippen LogP contribution < -0.4 is 4.74 Å². The van der Waals surface area contributed by atoms with Crippen molar-refractivity contribution >= 4 is 11.4 Å². The zero-order chi connectivity index (χ0) is 19.7. The summed E-state index contributed by atoms with van der Waals surface area (Å²) in [6, 6.07) is 6.04. The predicted molar refractivity (Wildman–Crippen MR) is 109 cm³/mol. The number of methoxy groups -OCH3 is 2. The van der Waals surface area contributed by atoms with Crippen LogP contribution in [0.3, 0.4) is 0 Å². The fourth-order valence-electron chi connectivity index (χ4n) is 6.31. The molecule has 2 saturated heterocycles. The molecule has 3 aliphatic heterocycles. The van der Waals surface area contributed by atoms with Gasteiger partial charge in [-0.25, -0.2) is 0 Å². The number of nitrogens with zero attached hydrogens (tertiary/aromatic N) is 2. The molecular weight excluding hydrogens is 352 g/mol. The molecule has 1 saturated carbocycles. The molecule has 1 N–H and O–H groups in total. The smallest absolute Gasteiger partial charge is 0.136 e. The van der Waals surface area contributed by atoms with Crippen LogP contribution in [0.25, 0.3) is 0 Å². The second-order valence-electron chi connectivity index (χ2n) is 9.17. The zero-order valence-electron chi connectivity index (χ0n) is 17.2. The summed E-state index contributed by atoms with van der Waals surface area (Å²) < 4.78 is 10.9. The summed E-state index contributed by atoms with van der Waals surface area (Å²) in [7, 11) is 3.39. The quantitative estimate of drug-likeness (QED) is 0.811. The number of fused-ring (bicyclic) bond motifs is 5. The summed E-state index contributed by atoms with van der Waals surface area (Å²) in [5, 5.41) is 11.8. The van der Waals surface area contributed by atoms with Gasteiger partial charge < -0.3 is 14.6 Å². The van der Waals surface area contributed by atoms with Crippen LogP contribution in [-0.4, -0.2) is 49.1 Å². The van der Waals surface area contributed by atoms with Gasteiger partial charge in [-0.15, -0.1) is 0 Å². The highest BCUT2D eigenvalue weighted by molar-refractivity contribution is 6.05. The van der Waals surface area contributed by atoms with Crippen LogP contribution in [0.4, 0.5) is 5.69 Å². The largest absolute Gasteiger partial charge is 0.504 e. The van der Waals surface area contributed by atoms with Gasteiger partial charge in [0.05, 0.1) is 43.5 Å². The minimum Gasteiger partial charge on any atom is -0.504 e. The van der Waals surface area contributed by atoms with Gasteiger partial charge in [0.2, 0.25) is 0 Å². The molecule has 5 atom stereocenters. The second-order valence-corrected chi connectivity index (χ2v) is 9.17. The lowest BCUT2D eigenvalue weighted by Gasteiger charge is -2.51. The molecule has 0 bridgehead atoms. The Kier molecular flexibility index (Phi) is 3.95. The Morgan fingerprint density at radius 3 is 2.82 bits per heavy atom. The predicted octanol–water partition coefficient (Wildman–Crippen LogP) is 3.64. The summed E-state index contributed by atoms with van der Waals surface area (Å²) in [5.74, 6) is 1.95. The maximum Gasteiger partial charge on any atom is 0.136 e. The number of aliphatic imine (C=N–C) groups is 1. The molecule has 1 aliphatic carbocycles. The molecule has 5 heteroatoms. The monoisotopic (exact) mass is 382 g/mol. The molecule has 0 amide bonds. The van der Waals surface area contributed by atoms with Crippen LogP contribution in [0.5, 0.6) is 5.75 Å². The number of rotatable bonds is 3. The van der Waals surface area contributed by atoms with Crippen LogP contribution in [0, 0.1) is 17.3 Å². The third kappa shape index (κ3) is 2.29. The van der Waals surface area contributed by atoms with Crippen LogP contribution in [0.15, 0.2) is 35.0 Å². The number of benzene rings is 1. The van der Waals surface area contributed by atoms with Crippen molar-refractivity contribution in [3.63, 3.8) is 0 Å². The standard InChI is InChI=1S/C23H30N2O3/c1-14(12-27-3)16-10-18-21-23(26,8-9-25(18)13-22(16)11-15(22)2)20-17(24-21)6-5-7-19(20)28-4/h5-7,12,15-16,18,26H,8-11,13H2,1-4H3/b14-12-/t15?,16-,18+,22?,23+/m1/s1. The minimum atomic E-state index is -1.01. The molecule has 5 rings (SSSR count). The number of allylic oxidation sites excluding steroid dienone is 1. The Bertz CT molecular complexity index is 879. The normalized spacial score (nSPS) is 39.1. The van der Waals surface area contributed by atoms with E-state index >= 15 is 0 Å². The van der Waals surface area contributed by atoms with E-state index in [2.05, 4.69) is 18.7 Å². The highest BCUT2D eigenvalue weighted by Crippen LogP contribution is 2.64. The molecule has 28 heavy (non-hydrogen) atoms. The van der Waals surface area contributed by atoms with Crippen molar-refractivity contribution in [2.24, 2.45) is 22.2 Å². The van der Waals surface area contributed by atoms with Gasteiger partial charge >= 0.3 is 0 Å². The van der Waals surface area contributed by atoms with Gasteiger partial charge in [-0.3, -0.25) is 9.89 Å². The molecule has 3 heterocycles. The molecule has 0 radical (unpaired) electrons. The fourth-order valence-corrected chi connectivity index (χ4v) is 6.31. The summed E-state index contributed by atoms with van der Waals surface area (Å²) in [6.07, 6.45) is 4.86. The van der Waals surface area contributed by atoms with Gasteiger partial charge in [0.15, 0.2) is 0 Å². The first-order valence-electron chi connectivity index (χ1n) is 10.4. The number of hydrogen-bond acceptors (Lipinski definition) is 5. The molecule has 1 aromatic carbocycles. The molecule has 3 fully saturated rings. The van der Waals surface area contributed by atoms with Crippen molar-refractivity contribution in [1.82, 2.24) is 4.90 Å². The van der Waals surface area contributed by atoms with Gasteiger partial charge in [0.25, 0.3) is 0 Å². The van der Waals surface area contributed by atoms with Crippen molar-refractivity contribution in [2.45, 2.75) is 44.8 Å². The van der Waals surface area contributed by atoms with E-state index in [1.807, 2.05) is 24.5 Å². The number of ether oxygens (including phenoxy) is 2. The van der Waals surface area contributed by atoms with Crippen LogP contribution in [0.2, 0.25) is 0 Å². The number of aliphatic hydroxyl groups is 1. The molecule has 150 valence electrons. The highest BCUT2D eigenvalue weighted by atomic mass is 16.5. The van der Waals surface area contributed by atoms with Crippen LogP contribution in [-0.2, 0) is 10.3 Å². The van der Waals surface area contributed by atoms with E-state index in [1.165, 1.54) is 12.0 Å². The lowest BCUT2D eigenvalue weighted by molar-refractivity contribution is 0.00935. The van der Waals surface area contributed by atoms with Gasteiger partial charge in [-0.2, -0.15) is 0 Å². The summed E-state index contributed by atoms with van der Waals surface area (Å²) in [4.78, 5) is 7.53. The van der Waals surface area contributed by atoms with E-state index < -0.39 is 5.60 Å². The third-order valence-electron chi connectivity index (χ3n) is 7.83. The molecule has 1 aromatic rings. The fraction of sp³-hybridized carbons (Fsp3) is 0.609. The van der Waals surface area contributed by atoms with Gasteiger partial charge in [-0.05, 0) is 61.1 Å². The Morgan fingerprint density at radius 1 is 1.36 bits per heavy atom. The van der Waals surface area contributed by atoms with Crippen LogP contribution >= 0.6 is 0 Å². The topological polar surface area (TPSA) is 54.3 Å². The van der Waals surface area contributed by atoms with E-state index in [0.717, 1.165) is 48.1 Å². The van der Waals surface area contributed by atoms with Crippen molar-refractivity contribution < 1.29 is 14.6 Å². The molecular formula is C23H30N2O3. The maximum absolute atomic E-state index is 11.8. The van der Waals surface area contributed by atoms with E-state index in [-0.39, 0.29) is 6.04 Å².